The van der Waals surface area contributed by atoms with E-state index in [9.17, 15) is 0 Å². The van der Waals surface area contributed by atoms with Crippen molar-refractivity contribution in [3.05, 3.63) is 52.6 Å². The molecule has 0 radical (unpaired) electrons. The summed E-state index contributed by atoms with van der Waals surface area (Å²) in [5, 5.41) is 0. The first-order valence-corrected chi connectivity index (χ1v) is 13.4. The van der Waals surface area contributed by atoms with Crippen molar-refractivity contribution >= 4 is 11.8 Å². The van der Waals surface area contributed by atoms with E-state index in [0.29, 0.717) is 16.9 Å². The Hall–Kier alpha value is -1.67. The van der Waals surface area contributed by atoms with Crippen LogP contribution in [-0.2, 0) is 11.3 Å². The molecule has 2 heteroatoms. The zero-order valence-corrected chi connectivity index (χ0v) is 21.3. The fourth-order valence-corrected chi connectivity index (χ4v) is 8.52. The van der Waals surface area contributed by atoms with Gasteiger partial charge >= 0.3 is 0 Å². The highest BCUT2D eigenvalue weighted by molar-refractivity contribution is 5.86. The van der Waals surface area contributed by atoms with Crippen molar-refractivity contribution in [3.63, 3.8) is 0 Å². The molecule has 33 heavy (non-hydrogen) atoms. The smallest absolute Gasteiger partial charge is 0.0646 e. The van der Waals surface area contributed by atoms with Crippen molar-refractivity contribution in [1.82, 2.24) is 0 Å². The normalized spacial score (nSPS) is 39.3. The van der Waals surface area contributed by atoms with Crippen molar-refractivity contribution in [2.24, 2.45) is 33.6 Å². The van der Waals surface area contributed by atoms with Crippen molar-refractivity contribution in [2.75, 3.05) is 0 Å². The second kappa shape index (κ2) is 7.41. The van der Waals surface area contributed by atoms with Gasteiger partial charge in [-0.3, -0.25) is 4.99 Å². The minimum absolute atomic E-state index is 0.0432. The zero-order valence-electron chi connectivity index (χ0n) is 21.3. The highest BCUT2D eigenvalue weighted by Gasteiger charge is 2.57. The number of fused-ring (bicyclic) bond motifs is 6. The Morgan fingerprint density at radius 3 is 2.61 bits per heavy atom. The molecule has 1 aromatic carbocycles. The number of nitrogens with zero attached hydrogens (tertiary/aromatic N) is 1. The monoisotopic (exact) mass is 443 g/mol. The Balaban J connectivity index is 1.25. The number of rotatable bonds is 2. The molecule has 6 rings (SSSR count). The van der Waals surface area contributed by atoms with Gasteiger partial charge in [0.15, 0.2) is 0 Å². The molecular weight excluding hydrogens is 402 g/mol. The maximum Gasteiger partial charge on any atom is 0.0646 e. The molecule has 0 unspecified atom stereocenters. The SMILES string of the molecule is CC(C)(C)O[C@@H]1CC[C@@]2(C)C(=CC[C@@H]3[C@@H]2CC[C@]2(C)C(c4ccc5c(c4)CN=C5)=CC[C@@H]32)C1. The van der Waals surface area contributed by atoms with E-state index < -0.39 is 0 Å². The minimum Gasteiger partial charge on any atom is -0.372 e. The fraction of sp³-hybridized carbons (Fsp3) is 0.645. The lowest BCUT2D eigenvalue weighted by atomic mass is 9.47. The molecule has 2 saturated carbocycles. The number of hydrogen-bond donors (Lipinski definition) is 0. The number of allylic oxidation sites excluding steroid dienone is 3. The van der Waals surface area contributed by atoms with Crippen LogP contribution < -0.4 is 0 Å². The molecule has 2 nitrogen and oxygen atoms in total. The standard InChI is InChI=1S/C31H41NO/c1-29(2,3)33-24-12-14-30(4)23(17-24)8-9-25-27-11-10-26(31(27,5)15-13-28(25)30)20-6-7-21-18-32-19-22(21)16-20/h6-8,10,16,18,24-25,27-28H,9,11-15,17,19H2,1-5H3/t24-,25+,27+,28+,30+,31-/m1/s1. The van der Waals surface area contributed by atoms with Gasteiger partial charge in [-0.2, -0.15) is 0 Å². The molecule has 0 aromatic heterocycles. The molecule has 176 valence electrons. The van der Waals surface area contributed by atoms with Crippen LogP contribution in [0.25, 0.3) is 5.57 Å². The lowest BCUT2D eigenvalue weighted by molar-refractivity contribution is -0.0894. The zero-order chi connectivity index (χ0) is 23.0. The van der Waals surface area contributed by atoms with E-state index >= 15 is 0 Å². The highest BCUT2D eigenvalue weighted by atomic mass is 16.5. The first-order valence-electron chi connectivity index (χ1n) is 13.4. The summed E-state index contributed by atoms with van der Waals surface area (Å²) < 4.78 is 6.43. The number of aliphatic imine (C=N–C) groups is 1. The third-order valence-electron chi connectivity index (χ3n) is 10.1. The molecule has 1 aliphatic heterocycles. The molecule has 0 spiro atoms. The van der Waals surface area contributed by atoms with E-state index in [1.807, 2.05) is 6.21 Å². The Kier molecular flexibility index (Phi) is 4.90. The topological polar surface area (TPSA) is 21.6 Å². The summed E-state index contributed by atoms with van der Waals surface area (Å²) in [7, 11) is 0. The molecule has 5 aliphatic rings. The van der Waals surface area contributed by atoms with E-state index in [2.05, 4.69) is 70.0 Å². The van der Waals surface area contributed by atoms with E-state index in [1.165, 1.54) is 55.2 Å². The maximum atomic E-state index is 6.43. The van der Waals surface area contributed by atoms with E-state index in [-0.39, 0.29) is 5.60 Å². The van der Waals surface area contributed by atoms with Crippen LogP contribution >= 0.6 is 0 Å². The van der Waals surface area contributed by atoms with Crippen LogP contribution in [0.4, 0.5) is 0 Å². The Bertz CT molecular complexity index is 1060. The average Bonchev–Trinajstić information content (AvgIpc) is 3.36. The van der Waals surface area contributed by atoms with Crippen LogP contribution in [0.5, 0.6) is 0 Å². The van der Waals surface area contributed by atoms with Gasteiger partial charge in [-0.05, 0) is 123 Å². The van der Waals surface area contributed by atoms with Crippen molar-refractivity contribution in [1.29, 1.82) is 0 Å². The maximum absolute atomic E-state index is 6.43. The summed E-state index contributed by atoms with van der Waals surface area (Å²) in [4.78, 5) is 4.48. The number of ether oxygens (including phenoxy) is 1. The predicted molar refractivity (Wildman–Crippen MR) is 137 cm³/mol. The average molecular weight is 444 g/mol. The third-order valence-corrected chi connectivity index (χ3v) is 10.1. The summed E-state index contributed by atoms with van der Waals surface area (Å²) in [5.74, 6) is 2.45. The van der Waals surface area contributed by atoms with Crippen LogP contribution in [0.1, 0.15) is 96.3 Å². The van der Waals surface area contributed by atoms with E-state index in [1.54, 1.807) is 11.1 Å². The van der Waals surface area contributed by atoms with Crippen molar-refractivity contribution in [2.45, 2.75) is 97.8 Å². The second-order valence-electron chi connectivity index (χ2n) is 13.0. The van der Waals surface area contributed by atoms with Gasteiger partial charge in [-0.25, -0.2) is 0 Å². The molecule has 2 fully saturated rings. The first-order chi connectivity index (χ1) is 15.7. The molecular formula is C31H41NO. The summed E-state index contributed by atoms with van der Waals surface area (Å²) in [6.45, 7) is 12.7. The number of hydrogen-bond acceptors (Lipinski definition) is 2. The van der Waals surface area contributed by atoms with Crippen LogP contribution in [0.15, 0.2) is 40.9 Å². The van der Waals surface area contributed by atoms with Gasteiger partial charge in [0.1, 0.15) is 0 Å². The quantitative estimate of drug-likeness (QED) is 0.428. The largest absolute Gasteiger partial charge is 0.372 e. The summed E-state index contributed by atoms with van der Waals surface area (Å²) in [5.41, 5.74) is 8.19. The highest BCUT2D eigenvalue weighted by Crippen LogP contribution is 2.66. The van der Waals surface area contributed by atoms with Gasteiger partial charge in [0.2, 0.25) is 0 Å². The van der Waals surface area contributed by atoms with Gasteiger partial charge in [-0.1, -0.05) is 43.7 Å². The summed E-state index contributed by atoms with van der Waals surface area (Å²) >= 11 is 0. The van der Waals surface area contributed by atoms with E-state index in [4.69, 9.17) is 4.74 Å². The van der Waals surface area contributed by atoms with Crippen molar-refractivity contribution in [3.8, 4) is 0 Å². The van der Waals surface area contributed by atoms with Crippen LogP contribution in [0.3, 0.4) is 0 Å². The van der Waals surface area contributed by atoms with Crippen LogP contribution in [0.2, 0.25) is 0 Å². The minimum atomic E-state index is -0.0432. The Labute approximate surface area is 200 Å². The Morgan fingerprint density at radius 1 is 0.970 bits per heavy atom. The molecule has 4 aliphatic carbocycles. The number of benzene rings is 1. The van der Waals surface area contributed by atoms with Crippen molar-refractivity contribution < 1.29 is 4.74 Å². The molecule has 0 N–H and O–H groups in total. The van der Waals surface area contributed by atoms with Gasteiger partial charge in [0.25, 0.3) is 0 Å². The lowest BCUT2D eigenvalue weighted by Gasteiger charge is -2.58. The third kappa shape index (κ3) is 3.42. The van der Waals surface area contributed by atoms with Gasteiger partial charge < -0.3 is 4.74 Å². The fourth-order valence-electron chi connectivity index (χ4n) is 8.52. The van der Waals surface area contributed by atoms with Gasteiger partial charge in [0, 0.05) is 6.21 Å². The molecule has 1 heterocycles. The molecule has 0 bridgehead atoms. The lowest BCUT2D eigenvalue weighted by Crippen LogP contribution is -2.50. The van der Waals surface area contributed by atoms with Crippen LogP contribution in [-0.4, -0.2) is 17.9 Å². The van der Waals surface area contributed by atoms with Gasteiger partial charge in [0.05, 0.1) is 18.2 Å². The molecule has 1 aromatic rings. The van der Waals surface area contributed by atoms with Crippen LogP contribution in [0, 0.1) is 28.6 Å². The van der Waals surface area contributed by atoms with Gasteiger partial charge in [-0.15, -0.1) is 0 Å². The second-order valence-corrected chi connectivity index (χ2v) is 13.0. The van der Waals surface area contributed by atoms with E-state index in [0.717, 1.165) is 30.7 Å². The Morgan fingerprint density at radius 2 is 1.79 bits per heavy atom. The first kappa shape index (κ1) is 21.8. The summed E-state index contributed by atoms with van der Waals surface area (Å²) in [6, 6.07) is 7.09. The predicted octanol–water partition coefficient (Wildman–Crippen LogP) is 7.76. The molecule has 0 saturated heterocycles. The summed E-state index contributed by atoms with van der Waals surface area (Å²) in [6.07, 6.45) is 16.6. The molecule has 0 amide bonds. The molecule has 6 atom stereocenters.